The van der Waals surface area contributed by atoms with Crippen molar-refractivity contribution in [3.63, 3.8) is 0 Å². The van der Waals surface area contributed by atoms with E-state index in [1.54, 1.807) is 0 Å². The van der Waals surface area contributed by atoms with Gasteiger partial charge in [-0.25, -0.2) is 0 Å². The molecule has 0 heterocycles. The van der Waals surface area contributed by atoms with E-state index >= 15 is 0 Å². The summed E-state index contributed by atoms with van der Waals surface area (Å²) in [6.07, 6.45) is 3.30. The average molecular weight is 232 g/mol. The normalized spacial score (nSPS) is 13.5. The Bertz CT molecular complexity index is 401. The van der Waals surface area contributed by atoms with Crippen molar-refractivity contribution in [2.45, 2.75) is 33.6 Å². The van der Waals surface area contributed by atoms with Crippen LogP contribution >= 0.6 is 0 Å². The summed E-state index contributed by atoms with van der Waals surface area (Å²) in [5.41, 5.74) is 3.54. The minimum Gasteiger partial charge on any atom is -0.481 e. The Hall–Kier alpha value is -1.57. The molecule has 0 spiro atoms. The molecule has 2 nitrogen and oxygen atoms in total. The molecule has 92 valence electrons. The summed E-state index contributed by atoms with van der Waals surface area (Å²) >= 11 is 0. The van der Waals surface area contributed by atoms with Crippen LogP contribution in [0.15, 0.2) is 30.3 Å². The number of hydrogen-bond acceptors (Lipinski definition) is 1. The molecule has 1 aromatic rings. The maximum atomic E-state index is 10.9. The van der Waals surface area contributed by atoms with E-state index in [0.29, 0.717) is 12.8 Å². The number of carboxylic acid groups (broad SMARTS) is 1. The van der Waals surface area contributed by atoms with Crippen molar-refractivity contribution in [1.82, 2.24) is 0 Å². The van der Waals surface area contributed by atoms with E-state index in [1.807, 2.05) is 19.9 Å². The Morgan fingerprint density at radius 2 is 1.94 bits per heavy atom. The quantitative estimate of drug-likeness (QED) is 0.836. The van der Waals surface area contributed by atoms with Crippen LogP contribution in [0.1, 0.15) is 37.8 Å². The first kappa shape index (κ1) is 13.5. The molecule has 0 radical (unpaired) electrons. The highest BCUT2D eigenvalue weighted by Crippen LogP contribution is 2.18. The van der Waals surface area contributed by atoms with Crippen molar-refractivity contribution in [3.8, 4) is 0 Å². The van der Waals surface area contributed by atoms with Crippen LogP contribution in [0.2, 0.25) is 0 Å². The van der Waals surface area contributed by atoms with Crippen LogP contribution < -0.4 is 0 Å². The summed E-state index contributed by atoms with van der Waals surface area (Å²) in [5.74, 6) is -0.976. The van der Waals surface area contributed by atoms with Gasteiger partial charge in [0.25, 0.3) is 0 Å². The fraction of sp³-hybridized carbons (Fsp3) is 0.400. The van der Waals surface area contributed by atoms with E-state index in [-0.39, 0.29) is 5.92 Å². The minimum atomic E-state index is -0.708. The van der Waals surface area contributed by atoms with E-state index < -0.39 is 5.97 Å². The van der Waals surface area contributed by atoms with Crippen molar-refractivity contribution in [1.29, 1.82) is 0 Å². The van der Waals surface area contributed by atoms with Crippen LogP contribution in [-0.4, -0.2) is 11.1 Å². The SMILES string of the molecule is CCC(CC=C(C)c1ccc(C)cc1)C(=O)O. The van der Waals surface area contributed by atoms with Crippen LogP contribution in [0.5, 0.6) is 0 Å². The Labute approximate surface area is 103 Å². The third kappa shape index (κ3) is 4.06. The molecule has 0 fully saturated rings. The molecular weight excluding hydrogens is 212 g/mol. The highest BCUT2D eigenvalue weighted by Gasteiger charge is 2.12. The molecule has 0 bridgehead atoms. The lowest BCUT2D eigenvalue weighted by Gasteiger charge is -2.07. The van der Waals surface area contributed by atoms with E-state index in [1.165, 1.54) is 5.56 Å². The van der Waals surface area contributed by atoms with Crippen molar-refractivity contribution in [2.24, 2.45) is 5.92 Å². The second-order valence-electron chi connectivity index (χ2n) is 4.43. The third-order valence-corrected chi connectivity index (χ3v) is 3.06. The molecule has 0 saturated carbocycles. The summed E-state index contributed by atoms with van der Waals surface area (Å²) in [6.45, 7) is 5.99. The van der Waals surface area contributed by atoms with Crippen LogP contribution in [0.25, 0.3) is 5.57 Å². The molecule has 0 aliphatic carbocycles. The Morgan fingerprint density at radius 3 is 2.41 bits per heavy atom. The molecule has 0 aliphatic heterocycles. The summed E-state index contributed by atoms with van der Waals surface area (Å²) in [4.78, 5) is 10.9. The molecular formula is C15H20O2. The Balaban J connectivity index is 2.72. The zero-order valence-corrected chi connectivity index (χ0v) is 10.7. The monoisotopic (exact) mass is 232 g/mol. The first-order chi connectivity index (χ1) is 8.04. The van der Waals surface area contributed by atoms with Gasteiger partial charge in [-0.15, -0.1) is 0 Å². The Morgan fingerprint density at radius 1 is 1.35 bits per heavy atom. The maximum Gasteiger partial charge on any atom is 0.306 e. The van der Waals surface area contributed by atoms with Crippen molar-refractivity contribution in [2.75, 3.05) is 0 Å². The predicted molar refractivity (Wildman–Crippen MR) is 70.9 cm³/mol. The highest BCUT2D eigenvalue weighted by molar-refractivity contribution is 5.71. The molecule has 2 heteroatoms. The summed E-state index contributed by atoms with van der Waals surface area (Å²) in [6, 6.07) is 8.29. The molecule has 0 aliphatic rings. The second-order valence-corrected chi connectivity index (χ2v) is 4.43. The number of rotatable bonds is 5. The molecule has 1 rings (SSSR count). The summed E-state index contributed by atoms with van der Waals surface area (Å²) in [5, 5.41) is 8.96. The maximum absolute atomic E-state index is 10.9. The Kier molecular flexibility index (Phi) is 4.95. The number of hydrogen-bond donors (Lipinski definition) is 1. The molecule has 1 unspecified atom stereocenters. The van der Waals surface area contributed by atoms with E-state index in [9.17, 15) is 4.79 Å². The number of benzene rings is 1. The average Bonchev–Trinajstić information content (AvgIpc) is 2.30. The first-order valence-corrected chi connectivity index (χ1v) is 6.01. The molecule has 1 N–H and O–H groups in total. The van der Waals surface area contributed by atoms with Gasteiger partial charge in [0.05, 0.1) is 5.92 Å². The standard InChI is InChI=1S/C15H20O2/c1-4-13(15(16)17)10-7-12(3)14-8-5-11(2)6-9-14/h5-9,13H,4,10H2,1-3H3,(H,16,17). The second kappa shape index (κ2) is 6.24. The highest BCUT2D eigenvalue weighted by atomic mass is 16.4. The van der Waals surface area contributed by atoms with Gasteiger partial charge >= 0.3 is 5.97 Å². The number of allylic oxidation sites excluding steroid dienone is 2. The van der Waals surface area contributed by atoms with Gasteiger partial charge < -0.3 is 5.11 Å². The first-order valence-electron chi connectivity index (χ1n) is 6.01. The fourth-order valence-electron chi connectivity index (χ4n) is 1.70. The largest absolute Gasteiger partial charge is 0.481 e. The molecule has 0 saturated heterocycles. The summed E-state index contributed by atoms with van der Waals surface area (Å²) in [7, 11) is 0. The van der Waals surface area contributed by atoms with Gasteiger partial charge in [0.1, 0.15) is 0 Å². The summed E-state index contributed by atoms with van der Waals surface area (Å²) < 4.78 is 0. The fourth-order valence-corrected chi connectivity index (χ4v) is 1.70. The van der Waals surface area contributed by atoms with Gasteiger partial charge in [-0.05, 0) is 37.8 Å². The third-order valence-electron chi connectivity index (χ3n) is 3.06. The van der Waals surface area contributed by atoms with E-state index in [0.717, 1.165) is 11.1 Å². The van der Waals surface area contributed by atoms with Gasteiger partial charge in [0, 0.05) is 0 Å². The van der Waals surface area contributed by atoms with E-state index in [2.05, 4.69) is 31.2 Å². The van der Waals surface area contributed by atoms with Crippen LogP contribution in [0, 0.1) is 12.8 Å². The number of carbonyl (C=O) groups is 1. The van der Waals surface area contributed by atoms with E-state index in [4.69, 9.17) is 5.11 Å². The minimum absolute atomic E-state index is 0.268. The van der Waals surface area contributed by atoms with Gasteiger partial charge in [-0.2, -0.15) is 0 Å². The van der Waals surface area contributed by atoms with Gasteiger partial charge in [-0.1, -0.05) is 42.8 Å². The van der Waals surface area contributed by atoms with Crippen molar-refractivity contribution in [3.05, 3.63) is 41.5 Å². The molecule has 17 heavy (non-hydrogen) atoms. The lowest BCUT2D eigenvalue weighted by atomic mass is 9.98. The van der Waals surface area contributed by atoms with Crippen LogP contribution in [0.4, 0.5) is 0 Å². The predicted octanol–water partition coefficient (Wildman–Crippen LogP) is 3.90. The van der Waals surface area contributed by atoms with Crippen molar-refractivity contribution >= 4 is 11.5 Å². The van der Waals surface area contributed by atoms with Gasteiger partial charge in [-0.3, -0.25) is 4.79 Å². The smallest absolute Gasteiger partial charge is 0.306 e. The van der Waals surface area contributed by atoms with Gasteiger partial charge in [0.15, 0.2) is 0 Å². The molecule has 0 amide bonds. The zero-order valence-electron chi connectivity index (χ0n) is 10.7. The van der Waals surface area contributed by atoms with Gasteiger partial charge in [0.2, 0.25) is 0 Å². The zero-order chi connectivity index (χ0) is 12.8. The van der Waals surface area contributed by atoms with Crippen LogP contribution in [0.3, 0.4) is 0 Å². The number of carboxylic acids is 1. The molecule has 1 atom stereocenters. The lowest BCUT2D eigenvalue weighted by molar-refractivity contribution is -0.141. The molecule has 0 aromatic heterocycles. The topological polar surface area (TPSA) is 37.3 Å². The lowest BCUT2D eigenvalue weighted by Crippen LogP contribution is -2.11. The number of aryl methyl sites for hydroxylation is 1. The van der Waals surface area contributed by atoms with Crippen LogP contribution in [-0.2, 0) is 4.79 Å². The number of aliphatic carboxylic acids is 1. The molecule has 1 aromatic carbocycles. The van der Waals surface area contributed by atoms with Crippen molar-refractivity contribution < 1.29 is 9.90 Å².